The fourth-order valence-electron chi connectivity index (χ4n) is 2.92. The van der Waals surface area contributed by atoms with Crippen molar-refractivity contribution in [2.24, 2.45) is 7.05 Å². The normalized spacial score (nSPS) is 17.2. The van der Waals surface area contributed by atoms with Gasteiger partial charge in [-0.2, -0.15) is 0 Å². The maximum atomic E-state index is 4.43. The number of rotatable bonds is 4. The number of hydrogen-bond acceptors (Lipinski definition) is 2. The highest BCUT2D eigenvalue weighted by Crippen LogP contribution is 2.33. The van der Waals surface area contributed by atoms with Crippen molar-refractivity contribution in [1.29, 1.82) is 0 Å². The lowest BCUT2D eigenvalue weighted by molar-refractivity contribution is 0.256. The molecule has 3 nitrogen and oxygen atoms in total. The fraction of sp³-hybridized carbons (Fsp3) is 0.438. The lowest BCUT2D eigenvalue weighted by atomic mass is 9.71. The Morgan fingerprint density at radius 3 is 2.79 bits per heavy atom. The van der Waals surface area contributed by atoms with Gasteiger partial charge in [0, 0.05) is 44.4 Å². The number of hydrogen-bond donors (Lipinski definition) is 1. The molecule has 0 unspecified atom stereocenters. The Morgan fingerprint density at radius 1 is 1.37 bits per heavy atom. The van der Waals surface area contributed by atoms with Gasteiger partial charge in [-0.25, -0.2) is 4.98 Å². The predicted octanol–water partition coefficient (Wildman–Crippen LogP) is 2.20. The average Bonchev–Trinajstić information content (AvgIpc) is 2.74. The van der Waals surface area contributed by atoms with Crippen molar-refractivity contribution >= 4 is 0 Å². The first kappa shape index (κ1) is 12.4. The third kappa shape index (κ3) is 2.30. The average molecular weight is 255 g/mol. The van der Waals surface area contributed by atoms with Crippen LogP contribution in [-0.2, 0) is 18.9 Å². The Hall–Kier alpha value is -1.61. The predicted molar refractivity (Wildman–Crippen MR) is 77.3 cm³/mol. The summed E-state index contributed by atoms with van der Waals surface area (Å²) in [5.74, 6) is 1.18. The molecule has 0 saturated carbocycles. The summed E-state index contributed by atoms with van der Waals surface area (Å²) in [6.45, 7) is 4.34. The first-order valence-electron chi connectivity index (χ1n) is 6.94. The van der Waals surface area contributed by atoms with Crippen LogP contribution in [0.2, 0.25) is 0 Å². The molecule has 2 heterocycles. The maximum absolute atomic E-state index is 4.43. The van der Waals surface area contributed by atoms with Gasteiger partial charge < -0.3 is 9.88 Å². The van der Waals surface area contributed by atoms with Crippen LogP contribution in [0, 0.1) is 6.92 Å². The van der Waals surface area contributed by atoms with E-state index in [1.807, 2.05) is 12.4 Å². The molecule has 0 atom stereocenters. The number of nitrogens with one attached hydrogen (secondary N) is 1. The van der Waals surface area contributed by atoms with E-state index in [1.54, 1.807) is 0 Å². The van der Waals surface area contributed by atoms with Crippen molar-refractivity contribution in [2.45, 2.75) is 25.2 Å². The van der Waals surface area contributed by atoms with E-state index in [9.17, 15) is 0 Å². The molecule has 1 aliphatic heterocycles. The molecule has 1 aliphatic rings. The van der Waals surface area contributed by atoms with Gasteiger partial charge in [-0.1, -0.05) is 29.8 Å². The SMILES string of the molecule is Cc1cccc(C2(CCc3nccn3C)CNC2)c1. The lowest BCUT2D eigenvalue weighted by Gasteiger charge is -2.43. The topological polar surface area (TPSA) is 29.9 Å². The number of nitrogens with zero attached hydrogens (tertiary/aromatic N) is 2. The van der Waals surface area contributed by atoms with Crippen molar-refractivity contribution in [3.63, 3.8) is 0 Å². The zero-order chi connectivity index (χ0) is 13.3. The Labute approximate surface area is 114 Å². The van der Waals surface area contributed by atoms with Gasteiger partial charge in [0.05, 0.1) is 0 Å². The molecule has 0 bridgehead atoms. The smallest absolute Gasteiger partial charge is 0.108 e. The van der Waals surface area contributed by atoms with E-state index >= 15 is 0 Å². The summed E-state index contributed by atoms with van der Waals surface area (Å²) >= 11 is 0. The lowest BCUT2D eigenvalue weighted by Crippen LogP contribution is -2.57. The van der Waals surface area contributed by atoms with E-state index in [-0.39, 0.29) is 0 Å². The number of imidazole rings is 1. The highest BCUT2D eigenvalue weighted by atomic mass is 15.0. The molecule has 0 spiro atoms. The summed E-state index contributed by atoms with van der Waals surface area (Å²) in [7, 11) is 2.07. The molecule has 1 aromatic heterocycles. The molecule has 1 N–H and O–H groups in total. The first-order chi connectivity index (χ1) is 9.20. The Kier molecular flexibility index (Phi) is 3.15. The van der Waals surface area contributed by atoms with Gasteiger partial charge in [-0.3, -0.25) is 0 Å². The van der Waals surface area contributed by atoms with Crippen LogP contribution in [0.15, 0.2) is 36.7 Å². The van der Waals surface area contributed by atoms with Crippen LogP contribution >= 0.6 is 0 Å². The van der Waals surface area contributed by atoms with E-state index in [0.717, 1.165) is 25.9 Å². The van der Waals surface area contributed by atoms with Gasteiger partial charge in [0.15, 0.2) is 0 Å². The van der Waals surface area contributed by atoms with Gasteiger partial charge >= 0.3 is 0 Å². The summed E-state index contributed by atoms with van der Waals surface area (Å²) in [6.07, 6.45) is 6.11. The second kappa shape index (κ2) is 4.82. The molecule has 1 aromatic carbocycles. The summed E-state index contributed by atoms with van der Waals surface area (Å²) < 4.78 is 2.12. The number of aryl methyl sites for hydroxylation is 3. The van der Waals surface area contributed by atoms with Gasteiger partial charge in [0.2, 0.25) is 0 Å². The number of aromatic nitrogens is 2. The minimum atomic E-state index is 0.304. The monoisotopic (exact) mass is 255 g/mol. The maximum Gasteiger partial charge on any atom is 0.108 e. The van der Waals surface area contributed by atoms with Gasteiger partial charge in [-0.15, -0.1) is 0 Å². The van der Waals surface area contributed by atoms with E-state index < -0.39 is 0 Å². The molecule has 2 aromatic rings. The van der Waals surface area contributed by atoms with E-state index in [0.29, 0.717) is 5.41 Å². The van der Waals surface area contributed by atoms with Gasteiger partial charge in [-0.05, 0) is 18.9 Å². The van der Waals surface area contributed by atoms with Crippen molar-refractivity contribution in [3.8, 4) is 0 Å². The molecular formula is C16H21N3. The minimum absolute atomic E-state index is 0.304. The minimum Gasteiger partial charge on any atom is -0.338 e. The molecule has 1 saturated heterocycles. The van der Waals surface area contributed by atoms with Crippen LogP contribution in [-0.4, -0.2) is 22.6 Å². The molecular weight excluding hydrogens is 234 g/mol. The molecule has 3 heteroatoms. The van der Waals surface area contributed by atoms with E-state index in [4.69, 9.17) is 0 Å². The number of benzene rings is 1. The molecule has 1 fully saturated rings. The van der Waals surface area contributed by atoms with E-state index in [2.05, 4.69) is 53.1 Å². The Balaban J connectivity index is 1.78. The molecule has 0 radical (unpaired) electrons. The molecule has 19 heavy (non-hydrogen) atoms. The largest absolute Gasteiger partial charge is 0.338 e. The van der Waals surface area contributed by atoms with Crippen LogP contribution in [0.1, 0.15) is 23.4 Å². The first-order valence-corrected chi connectivity index (χ1v) is 6.94. The zero-order valence-corrected chi connectivity index (χ0v) is 11.7. The fourth-order valence-corrected chi connectivity index (χ4v) is 2.92. The van der Waals surface area contributed by atoms with Crippen LogP contribution in [0.4, 0.5) is 0 Å². The quantitative estimate of drug-likeness (QED) is 0.907. The van der Waals surface area contributed by atoms with Crippen molar-refractivity contribution in [2.75, 3.05) is 13.1 Å². The summed E-state index contributed by atoms with van der Waals surface area (Å²) in [4.78, 5) is 4.43. The second-order valence-electron chi connectivity index (χ2n) is 5.71. The van der Waals surface area contributed by atoms with Crippen LogP contribution in [0.25, 0.3) is 0 Å². The van der Waals surface area contributed by atoms with Gasteiger partial charge in [0.1, 0.15) is 5.82 Å². The highest BCUT2D eigenvalue weighted by Gasteiger charge is 2.38. The third-order valence-electron chi connectivity index (χ3n) is 4.31. The zero-order valence-electron chi connectivity index (χ0n) is 11.7. The molecule has 0 aliphatic carbocycles. The standard InChI is InChI=1S/C16H21N3/c1-13-4-3-5-14(10-13)16(11-17-12-16)7-6-15-18-8-9-19(15)2/h3-5,8-10,17H,6-7,11-12H2,1-2H3. The van der Waals surface area contributed by atoms with Crippen LogP contribution < -0.4 is 5.32 Å². The Morgan fingerprint density at radius 2 is 2.21 bits per heavy atom. The van der Waals surface area contributed by atoms with Gasteiger partial charge in [0.25, 0.3) is 0 Å². The molecule has 3 rings (SSSR count). The second-order valence-corrected chi connectivity index (χ2v) is 5.71. The molecule has 100 valence electrons. The molecule has 0 amide bonds. The van der Waals surface area contributed by atoms with Crippen molar-refractivity contribution in [1.82, 2.24) is 14.9 Å². The summed E-state index contributed by atoms with van der Waals surface area (Å²) in [5.41, 5.74) is 3.12. The Bertz CT molecular complexity index is 567. The third-order valence-corrected chi connectivity index (χ3v) is 4.31. The van der Waals surface area contributed by atoms with Crippen LogP contribution in [0.5, 0.6) is 0 Å². The summed E-state index contributed by atoms with van der Waals surface area (Å²) in [5, 5.41) is 3.44. The van der Waals surface area contributed by atoms with E-state index in [1.165, 1.54) is 17.0 Å². The van der Waals surface area contributed by atoms with Crippen molar-refractivity contribution < 1.29 is 0 Å². The van der Waals surface area contributed by atoms with Crippen LogP contribution in [0.3, 0.4) is 0 Å². The highest BCUT2D eigenvalue weighted by molar-refractivity contribution is 5.33. The van der Waals surface area contributed by atoms with Crippen molar-refractivity contribution in [3.05, 3.63) is 53.6 Å². The summed E-state index contributed by atoms with van der Waals surface area (Å²) in [6, 6.07) is 8.94.